The number of ether oxygens (including phenoxy) is 1. The zero-order valence-corrected chi connectivity index (χ0v) is 15.3. The maximum Gasteiger partial charge on any atom is 0.250 e. The van der Waals surface area contributed by atoms with Crippen LogP contribution in [0.15, 0.2) is 42.7 Å². The van der Waals surface area contributed by atoms with Crippen molar-refractivity contribution in [1.29, 1.82) is 0 Å². The molecule has 3 heterocycles. The minimum absolute atomic E-state index is 0.247. The van der Waals surface area contributed by atoms with E-state index in [1.165, 1.54) is 5.56 Å². The van der Waals surface area contributed by atoms with Crippen LogP contribution in [0.4, 0.5) is 0 Å². The molecule has 4 rings (SSSR count). The number of hydrogen-bond acceptors (Lipinski definition) is 4. The molecule has 2 aliphatic rings. The lowest BCUT2D eigenvalue weighted by Crippen LogP contribution is -2.59. The summed E-state index contributed by atoms with van der Waals surface area (Å²) >= 11 is 0. The summed E-state index contributed by atoms with van der Waals surface area (Å²) in [5.41, 5.74) is 0.756. The van der Waals surface area contributed by atoms with Crippen LogP contribution in [0, 0.1) is 0 Å². The van der Waals surface area contributed by atoms with Gasteiger partial charge in [-0.25, -0.2) is 0 Å². The molecule has 1 aromatic carbocycles. The first-order valence-corrected chi connectivity index (χ1v) is 9.36. The van der Waals surface area contributed by atoms with E-state index in [-0.39, 0.29) is 5.91 Å². The van der Waals surface area contributed by atoms with Crippen molar-refractivity contribution in [1.82, 2.24) is 19.6 Å². The molecule has 26 heavy (non-hydrogen) atoms. The van der Waals surface area contributed by atoms with Gasteiger partial charge in [0.1, 0.15) is 11.3 Å². The molecular weight excluding hydrogens is 328 g/mol. The van der Waals surface area contributed by atoms with Gasteiger partial charge >= 0.3 is 0 Å². The number of hydrogen-bond donors (Lipinski definition) is 0. The molecule has 0 atom stereocenters. The van der Waals surface area contributed by atoms with Crippen LogP contribution in [-0.4, -0.2) is 58.8 Å². The lowest BCUT2D eigenvalue weighted by Gasteiger charge is -2.45. The van der Waals surface area contributed by atoms with Gasteiger partial charge in [-0.15, -0.1) is 0 Å². The average Bonchev–Trinajstić information content (AvgIpc) is 3.17. The fourth-order valence-electron chi connectivity index (χ4n) is 3.95. The average molecular weight is 354 g/mol. The molecule has 1 amide bonds. The molecule has 0 N–H and O–H groups in total. The normalized spacial score (nSPS) is 19.8. The molecule has 0 aliphatic carbocycles. The SMILES string of the molecule is COc1ccc(CN2CCC(C(=O)N3CCC3)(n3cccn3)CC2)cc1. The third-order valence-electron chi connectivity index (χ3n) is 5.73. The third-order valence-corrected chi connectivity index (χ3v) is 5.73. The van der Waals surface area contributed by atoms with Crippen molar-refractivity contribution in [2.75, 3.05) is 33.3 Å². The number of carbonyl (C=O) groups is 1. The number of piperidine rings is 1. The highest BCUT2D eigenvalue weighted by Gasteiger charge is 2.46. The lowest BCUT2D eigenvalue weighted by molar-refractivity contribution is -0.148. The standard InChI is InChI=1S/C20H26N4O2/c1-26-18-6-4-17(5-7-18)16-22-14-8-20(9-15-22,24-13-2-10-21-24)19(25)23-11-3-12-23/h2,4-7,10,13H,3,8-9,11-12,14-16H2,1H3. The van der Waals surface area contributed by atoms with Gasteiger partial charge < -0.3 is 9.64 Å². The van der Waals surface area contributed by atoms with E-state index < -0.39 is 5.54 Å². The van der Waals surface area contributed by atoms with Gasteiger partial charge in [-0.3, -0.25) is 14.4 Å². The highest BCUT2D eigenvalue weighted by Crippen LogP contribution is 2.33. The fraction of sp³-hybridized carbons (Fsp3) is 0.500. The Morgan fingerprint density at radius 2 is 1.88 bits per heavy atom. The minimum atomic E-state index is -0.514. The molecule has 2 aliphatic heterocycles. The Balaban J connectivity index is 1.45. The van der Waals surface area contributed by atoms with Crippen LogP contribution in [0.25, 0.3) is 0 Å². The number of amides is 1. The summed E-state index contributed by atoms with van der Waals surface area (Å²) in [6.45, 7) is 4.46. The first kappa shape index (κ1) is 17.1. The second-order valence-corrected chi connectivity index (χ2v) is 7.25. The summed E-state index contributed by atoms with van der Waals surface area (Å²) in [5.74, 6) is 1.13. The molecule has 0 saturated carbocycles. The van der Waals surface area contributed by atoms with Crippen molar-refractivity contribution in [3.8, 4) is 5.75 Å². The molecule has 1 aromatic heterocycles. The summed E-state index contributed by atoms with van der Waals surface area (Å²) in [7, 11) is 1.68. The Hall–Kier alpha value is -2.34. The first-order valence-electron chi connectivity index (χ1n) is 9.36. The number of likely N-dealkylation sites (tertiary alicyclic amines) is 2. The maximum atomic E-state index is 13.2. The molecule has 6 heteroatoms. The van der Waals surface area contributed by atoms with Crippen molar-refractivity contribution in [2.45, 2.75) is 31.3 Å². The zero-order valence-electron chi connectivity index (χ0n) is 15.3. The zero-order chi connectivity index (χ0) is 18.0. The van der Waals surface area contributed by atoms with E-state index in [0.717, 1.165) is 57.7 Å². The van der Waals surface area contributed by atoms with Crippen molar-refractivity contribution in [2.24, 2.45) is 0 Å². The van der Waals surface area contributed by atoms with E-state index in [1.807, 2.05) is 34.0 Å². The Morgan fingerprint density at radius 3 is 2.42 bits per heavy atom. The highest BCUT2D eigenvalue weighted by atomic mass is 16.5. The van der Waals surface area contributed by atoms with Crippen LogP contribution < -0.4 is 4.74 Å². The Labute approximate surface area is 154 Å². The third kappa shape index (κ3) is 3.09. The number of methoxy groups -OCH3 is 1. The van der Waals surface area contributed by atoms with Gasteiger partial charge in [-0.1, -0.05) is 12.1 Å². The van der Waals surface area contributed by atoms with Crippen molar-refractivity contribution in [3.05, 3.63) is 48.3 Å². The number of benzene rings is 1. The largest absolute Gasteiger partial charge is 0.497 e. The molecule has 0 spiro atoms. The summed E-state index contributed by atoms with van der Waals surface area (Å²) in [5, 5.41) is 4.44. The number of rotatable bonds is 5. The first-order chi connectivity index (χ1) is 12.7. The van der Waals surface area contributed by atoms with Gasteiger partial charge in [0.15, 0.2) is 0 Å². The van der Waals surface area contributed by atoms with Crippen molar-refractivity contribution < 1.29 is 9.53 Å². The Bertz CT molecular complexity index is 730. The van der Waals surface area contributed by atoms with E-state index in [9.17, 15) is 4.79 Å². The topological polar surface area (TPSA) is 50.6 Å². The quantitative estimate of drug-likeness (QED) is 0.825. The van der Waals surface area contributed by atoms with E-state index in [4.69, 9.17) is 4.74 Å². The maximum absolute atomic E-state index is 13.2. The summed E-state index contributed by atoms with van der Waals surface area (Å²) < 4.78 is 7.13. The van der Waals surface area contributed by atoms with Gasteiger partial charge in [-0.2, -0.15) is 5.10 Å². The van der Waals surface area contributed by atoms with Gasteiger partial charge in [0.2, 0.25) is 0 Å². The van der Waals surface area contributed by atoms with E-state index in [1.54, 1.807) is 13.3 Å². The predicted octanol–water partition coefficient (Wildman–Crippen LogP) is 2.12. The van der Waals surface area contributed by atoms with Crippen LogP contribution in [0.2, 0.25) is 0 Å². The van der Waals surface area contributed by atoms with Crippen molar-refractivity contribution >= 4 is 5.91 Å². The molecule has 2 aromatic rings. The molecule has 2 fully saturated rings. The second kappa shape index (κ2) is 7.11. The summed E-state index contributed by atoms with van der Waals surface area (Å²) in [6, 6.07) is 10.1. The summed E-state index contributed by atoms with van der Waals surface area (Å²) in [6.07, 6.45) is 6.44. The highest BCUT2D eigenvalue weighted by molar-refractivity contribution is 5.85. The van der Waals surface area contributed by atoms with Gasteiger partial charge in [0.25, 0.3) is 5.91 Å². The number of carbonyl (C=O) groups excluding carboxylic acids is 1. The van der Waals surface area contributed by atoms with Crippen LogP contribution in [-0.2, 0) is 16.9 Å². The van der Waals surface area contributed by atoms with Gasteiger partial charge in [0, 0.05) is 45.1 Å². The molecule has 0 radical (unpaired) electrons. The van der Waals surface area contributed by atoms with Gasteiger partial charge in [-0.05, 0) is 43.0 Å². The molecular formula is C20H26N4O2. The molecule has 138 valence electrons. The lowest BCUT2D eigenvalue weighted by atomic mass is 9.85. The second-order valence-electron chi connectivity index (χ2n) is 7.25. The smallest absolute Gasteiger partial charge is 0.250 e. The van der Waals surface area contributed by atoms with E-state index >= 15 is 0 Å². The molecule has 0 unspecified atom stereocenters. The molecule has 2 saturated heterocycles. The fourth-order valence-corrected chi connectivity index (χ4v) is 3.95. The Kier molecular flexibility index (Phi) is 4.68. The van der Waals surface area contributed by atoms with Crippen LogP contribution in [0.1, 0.15) is 24.8 Å². The van der Waals surface area contributed by atoms with Gasteiger partial charge in [0.05, 0.1) is 7.11 Å². The van der Waals surface area contributed by atoms with Crippen LogP contribution in [0.3, 0.4) is 0 Å². The van der Waals surface area contributed by atoms with E-state index in [0.29, 0.717) is 0 Å². The Morgan fingerprint density at radius 1 is 1.15 bits per heavy atom. The molecule has 0 bridgehead atoms. The van der Waals surface area contributed by atoms with Crippen LogP contribution in [0.5, 0.6) is 5.75 Å². The summed E-state index contributed by atoms with van der Waals surface area (Å²) in [4.78, 5) is 17.6. The number of aromatic nitrogens is 2. The predicted molar refractivity (Wildman–Crippen MR) is 98.9 cm³/mol. The van der Waals surface area contributed by atoms with Crippen molar-refractivity contribution in [3.63, 3.8) is 0 Å². The van der Waals surface area contributed by atoms with Crippen LogP contribution >= 0.6 is 0 Å². The minimum Gasteiger partial charge on any atom is -0.497 e. The monoisotopic (exact) mass is 354 g/mol. The number of nitrogens with zero attached hydrogens (tertiary/aromatic N) is 4. The molecule has 6 nitrogen and oxygen atoms in total. The van der Waals surface area contributed by atoms with E-state index in [2.05, 4.69) is 22.1 Å².